The maximum Gasteiger partial charge on any atom is 0.227 e. The fraction of sp³-hybridized carbons (Fsp3) is 0.385. The predicted octanol–water partition coefficient (Wildman–Crippen LogP) is 2.43. The Morgan fingerprint density at radius 3 is 2.94 bits per heavy atom. The van der Waals surface area contributed by atoms with E-state index in [9.17, 15) is 0 Å². The normalized spacial score (nSPS) is 10.8. The molecule has 0 bridgehead atoms. The largest absolute Gasteiger partial charge is 0.485 e. The molecular weight excluding hydrogens is 230 g/mol. The predicted molar refractivity (Wildman–Crippen MR) is 68.0 cm³/mol. The van der Waals surface area contributed by atoms with Crippen molar-refractivity contribution in [2.45, 2.75) is 26.9 Å². The van der Waals surface area contributed by atoms with Crippen molar-refractivity contribution in [1.29, 1.82) is 0 Å². The van der Waals surface area contributed by atoms with Crippen LogP contribution in [0, 0.1) is 5.92 Å². The number of anilines is 1. The van der Waals surface area contributed by atoms with Gasteiger partial charge in [0, 0.05) is 18.2 Å². The summed E-state index contributed by atoms with van der Waals surface area (Å²) in [4.78, 5) is 4.25. The summed E-state index contributed by atoms with van der Waals surface area (Å²) in [7, 11) is 0. The molecule has 2 N–H and O–H groups in total. The SMILES string of the molecule is CC(C)Cc1nc(COc2cccc(N)c2)no1. The van der Waals surface area contributed by atoms with Crippen molar-refractivity contribution in [1.82, 2.24) is 10.1 Å². The molecule has 2 aromatic rings. The van der Waals surface area contributed by atoms with Gasteiger partial charge in [0.25, 0.3) is 0 Å². The Balaban J connectivity index is 1.92. The summed E-state index contributed by atoms with van der Waals surface area (Å²) in [6.45, 7) is 4.49. The highest BCUT2D eigenvalue weighted by molar-refractivity contribution is 5.43. The van der Waals surface area contributed by atoms with Crippen molar-refractivity contribution < 1.29 is 9.26 Å². The molecule has 1 heterocycles. The van der Waals surface area contributed by atoms with Gasteiger partial charge in [0.1, 0.15) is 5.75 Å². The van der Waals surface area contributed by atoms with E-state index in [4.69, 9.17) is 15.0 Å². The van der Waals surface area contributed by atoms with Crippen LogP contribution in [-0.2, 0) is 13.0 Å². The van der Waals surface area contributed by atoms with E-state index in [2.05, 4.69) is 24.0 Å². The van der Waals surface area contributed by atoms with Crippen LogP contribution in [-0.4, -0.2) is 10.1 Å². The summed E-state index contributed by atoms with van der Waals surface area (Å²) in [5, 5.41) is 3.86. The Hall–Kier alpha value is -2.04. The first-order chi connectivity index (χ1) is 8.63. The van der Waals surface area contributed by atoms with E-state index >= 15 is 0 Å². The summed E-state index contributed by atoms with van der Waals surface area (Å²) < 4.78 is 10.6. The second-order valence-electron chi connectivity index (χ2n) is 4.56. The lowest BCUT2D eigenvalue weighted by Crippen LogP contribution is -1.99. The van der Waals surface area contributed by atoms with Crippen LogP contribution in [0.15, 0.2) is 28.8 Å². The number of aromatic nitrogens is 2. The van der Waals surface area contributed by atoms with Crippen LogP contribution in [0.3, 0.4) is 0 Å². The summed E-state index contributed by atoms with van der Waals surface area (Å²) in [5.41, 5.74) is 6.32. The van der Waals surface area contributed by atoms with Gasteiger partial charge < -0.3 is 15.0 Å². The molecule has 0 spiro atoms. The molecule has 5 heteroatoms. The number of benzene rings is 1. The highest BCUT2D eigenvalue weighted by Crippen LogP contribution is 2.15. The maximum atomic E-state index is 5.66. The van der Waals surface area contributed by atoms with Gasteiger partial charge in [-0.15, -0.1) is 0 Å². The quantitative estimate of drug-likeness (QED) is 0.821. The minimum Gasteiger partial charge on any atom is -0.485 e. The highest BCUT2D eigenvalue weighted by Gasteiger charge is 2.08. The van der Waals surface area contributed by atoms with Crippen molar-refractivity contribution in [3.05, 3.63) is 36.0 Å². The van der Waals surface area contributed by atoms with Crippen molar-refractivity contribution in [3.63, 3.8) is 0 Å². The van der Waals surface area contributed by atoms with Gasteiger partial charge in [-0.25, -0.2) is 0 Å². The van der Waals surface area contributed by atoms with Gasteiger partial charge in [0.15, 0.2) is 6.61 Å². The molecule has 96 valence electrons. The third-order valence-electron chi connectivity index (χ3n) is 2.32. The number of hydrogen-bond acceptors (Lipinski definition) is 5. The molecule has 0 unspecified atom stereocenters. The average molecular weight is 247 g/mol. The molecule has 5 nitrogen and oxygen atoms in total. The van der Waals surface area contributed by atoms with Gasteiger partial charge in [0.2, 0.25) is 11.7 Å². The number of nitrogens with zero attached hydrogens (tertiary/aromatic N) is 2. The lowest BCUT2D eigenvalue weighted by Gasteiger charge is -2.03. The average Bonchev–Trinajstić information content (AvgIpc) is 2.73. The minimum atomic E-state index is 0.283. The second kappa shape index (κ2) is 5.53. The lowest BCUT2D eigenvalue weighted by atomic mass is 10.1. The first-order valence-corrected chi connectivity index (χ1v) is 5.93. The van der Waals surface area contributed by atoms with Crippen molar-refractivity contribution in [3.8, 4) is 5.75 Å². The number of rotatable bonds is 5. The topological polar surface area (TPSA) is 74.2 Å². The van der Waals surface area contributed by atoms with Crippen molar-refractivity contribution in [2.75, 3.05) is 5.73 Å². The van der Waals surface area contributed by atoms with Crippen molar-refractivity contribution >= 4 is 5.69 Å². The van der Waals surface area contributed by atoms with E-state index in [-0.39, 0.29) is 6.61 Å². The van der Waals surface area contributed by atoms with E-state index in [1.807, 2.05) is 18.2 Å². The Labute approximate surface area is 106 Å². The van der Waals surface area contributed by atoms with E-state index in [1.165, 1.54) is 0 Å². The summed E-state index contributed by atoms with van der Waals surface area (Å²) in [6.07, 6.45) is 0.783. The van der Waals surface area contributed by atoms with Crippen LogP contribution in [0.25, 0.3) is 0 Å². The second-order valence-corrected chi connectivity index (χ2v) is 4.56. The molecule has 0 aliphatic carbocycles. The zero-order valence-electron chi connectivity index (χ0n) is 10.6. The Morgan fingerprint density at radius 1 is 1.39 bits per heavy atom. The van der Waals surface area contributed by atoms with Gasteiger partial charge >= 0.3 is 0 Å². The standard InChI is InChI=1S/C13H17N3O2/c1-9(2)6-13-15-12(16-18-13)8-17-11-5-3-4-10(14)7-11/h3-5,7,9H,6,8,14H2,1-2H3. The van der Waals surface area contributed by atoms with Crippen LogP contribution in [0.5, 0.6) is 5.75 Å². The molecule has 0 atom stereocenters. The maximum absolute atomic E-state index is 5.66. The Kier molecular flexibility index (Phi) is 3.82. The monoisotopic (exact) mass is 247 g/mol. The van der Waals surface area contributed by atoms with Gasteiger partial charge in [0.05, 0.1) is 0 Å². The molecule has 1 aromatic carbocycles. The number of hydrogen-bond donors (Lipinski definition) is 1. The summed E-state index contributed by atoms with van der Waals surface area (Å²) in [6, 6.07) is 7.24. The van der Waals surface area contributed by atoms with Crippen molar-refractivity contribution in [2.24, 2.45) is 5.92 Å². The lowest BCUT2D eigenvalue weighted by molar-refractivity contribution is 0.284. The Morgan fingerprint density at radius 2 is 2.22 bits per heavy atom. The van der Waals surface area contributed by atoms with E-state index in [1.54, 1.807) is 6.07 Å². The molecule has 2 rings (SSSR count). The molecule has 0 fully saturated rings. The number of ether oxygens (including phenoxy) is 1. The molecule has 0 amide bonds. The van der Waals surface area contributed by atoms with Crippen LogP contribution in [0.2, 0.25) is 0 Å². The van der Waals surface area contributed by atoms with E-state index < -0.39 is 0 Å². The van der Waals surface area contributed by atoms with Gasteiger partial charge in [-0.1, -0.05) is 25.1 Å². The van der Waals surface area contributed by atoms with Gasteiger partial charge in [-0.3, -0.25) is 0 Å². The zero-order chi connectivity index (χ0) is 13.0. The summed E-state index contributed by atoms with van der Waals surface area (Å²) in [5.74, 6) is 2.39. The molecule has 0 aliphatic rings. The van der Waals surface area contributed by atoms with Crippen LogP contribution < -0.4 is 10.5 Å². The molecule has 0 saturated carbocycles. The minimum absolute atomic E-state index is 0.283. The zero-order valence-corrected chi connectivity index (χ0v) is 10.6. The Bertz CT molecular complexity index is 508. The van der Waals surface area contributed by atoms with Gasteiger partial charge in [-0.05, 0) is 18.1 Å². The smallest absolute Gasteiger partial charge is 0.227 e. The van der Waals surface area contributed by atoms with Crippen LogP contribution >= 0.6 is 0 Å². The molecule has 0 radical (unpaired) electrons. The number of nitrogens with two attached hydrogens (primary N) is 1. The molecule has 18 heavy (non-hydrogen) atoms. The van der Waals surface area contributed by atoms with Crippen LogP contribution in [0.4, 0.5) is 5.69 Å². The highest BCUT2D eigenvalue weighted by atomic mass is 16.5. The van der Waals surface area contributed by atoms with Crippen LogP contribution in [0.1, 0.15) is 25.6 Å². The third-order valence-corrected chi connectivity index (χ3v) is 2.32. The van der Waals surface area contributed by atoms with E-state index in [0.717, 1.165) is 6.42 Å². The first kappa shape index (κ1) is 12.4. The van der Waals surface area contributed by atoms with E-state index in [0.29, 0.717) is 29.1 Å². The third kappa shape index (κ3) is 3.48. The molecule has 0 aliphatic heterocycles. The molecular formula is C13H17N3O2. The first-order valence-electron chi connectivity index (χ1n) is 5.93. The number of nitrogen functional groups attached to an aromatic ring is 1. The fourth-order valence-electron chi connectivity index (χ4n) is 1.53. The summed E-state index contributed by atoms with van der Waals surface area (Å²) >= 11 is 0. The molecule has 0 saturated heterocycles. The van der Waals surface area contributed by atoms with Gasteiger partial charge in [-0.2, -0.15) is 4.98 Å². The molecule has 1 aromatic heterocycles. The fourth-order valence-corrected chi connectivity index (χ4v) is 1.53.